The molecular formula is C7H13NS. The van der Waals surface area contributed by atoms with Crippen LogP contribution in [0.15, 0.2) is 0 Å². The molecule has 2 fully saturated rings. The summed E-state index contributed by atoms with van der Waals surface area (Å²) in [6.45, 7) is 0. The summed E-state index contributed by atoms with van der Waals surface area (Å²) >= 11 is 2.07. The lowest BCUT2D eigenvalue weighted by atomic mass is 9.98. The predicted octanol–water partition coefficient (Wildman–Crippen LogP) is 1.23. The van der Waals surface area contributed by atoms with Crippen LogP contribution in [0.2, 0.25) is 0 Å². The van der Waals surface area contributed by atoms with E-state index in [1.54, 1.807) is 0 Å². The molecule has 0 bridgehead atoms. The van der Waals surface area contributed by atoms with Gasteiger partial charge in [-0.2, -0.15) is 11.8 Å². The third kappa shape index (κ3) is 0.987. The Labute approximate surface area is 60.4 Å². The van der Waals surface area contributed by atoms with E-state index in [0.717, 1.165) is 5.92 Å². The summed E-state index contributed by atoms with van der Waals surface area (Å²) in [7, 11) is 0. The van der Waals surface area contributed by atoms with Gasteiger partial charge in [0.25, 0.3) is 0 Å². The average molecular weight is 143 g/mol. The van der Waals surface area contributed by atoms with Crippen molar-refractivity contribution in [2.45, 2.75) is 24.8 Å². The van der Waals surface area contributed by atoms with E-state index in [9.17, 15) is 0 Å². The van der Waals surface area contributed by atoms with Gasteiger partial charge in [0.05, 0.1) is 0 Å². The molecule has 1 aliphatic heterocycles. The molecule has 2 N–H and O–H groups in total. The molecule has 52 valence electrons. The zero-order valence-corrected chi connectivity index (χ0v) is 6.41. The van der Waals surface area contributed by atoms with Gasteiger partial charge in [0.15, 0.2) is 0 Å². The van der Waals surface area contributed by atoms with Gasteiger partial charge in [-0.15, -0.1) is 0 Å². The van der Waals surface area contributed by atoms with E-state index in [4.69, 9.17) is 5.73 Å². The van der Waals surface area contributed by atoms with Crippen LogP contribution in [-0.4, -0.2) is 17.0 Å². The van der Waals surface area contributed by atoms with Gasteiger partial charge in [-0.05, 0) is 36.7 Å². The SMILES string of the molecule is NC1(C2CCSC2)CC1. The van der Waals surface area contributed by atoms with Gasteiger partial charge in [-0.25, -0.2) is 0 Å². The van der Waals surface area contributed by atoms with Crippen LogP contribution in [0.4, 0.5) is 0 Å². The Kier molecular flexibility index (Phi) is 1.27. The fourth-order valence-electron chi connectivity index (χ4n) is 1.54. The molecule has 0 spiro atoms. The second-order valence-corrected chi connectivity index (χ2v) is 4.44. The highest BCUT2D eigenvalue weighted by Gasteiger charge is 2.46. The quantitative estimate of drug-likeness (QED) is 0.597. The van der Waals surface area contributed by atoms with E-state index in [-0.39, 0.29) is 0 Å². The second-order valence-electron chi connectivity index (χ2n) is 3.29. The van der Waals surface area contributed by atoms with Crippen LogP contribution in [0, 0.1) is 5.92 Å². The lowest BCUT2D eigenvalue weighted by Gasteiger charge is -2.15. The molecule has 2 heteroatoms. The molecule has 1 saturated heterocycles. The van der Waals surface area contributed by atoms with Gasteiger partial charge in [-0.1, -0.05) is 0 Å². The number of hydrogen-bond donors (Lipinski definition) is 1. The van der Waals surface area contributed by atoms with Crippen LogP contribution in [0.3, 0.4) is 0 Å². The molecule has 0 amide bonds. The standard InChI is InChI=1S/C7H13NS/c8-7(2-3-7)6-1-4-9-5-6/h6H,1-5,8H2. The molecule has 1 atom stereocenters. The van der Waals surface area contributed by atoms with Crippen LogP contribution in [0.25, 0.3) is 0 Å². The Morgan fingerprint density at radius 3 is 2.67 bits per heavy atom. The summed E-state index contributed by atoms with van der Waals surface area (Å²) in [5, 5.41) is 0. The van der Waals surface area contributed by atoms with E-state index >= 15 is 0 Å². The van der Waals surface area contributed by atoms with Crippen molar-refractivity contribution >= 4 is 11.8 Å². The lowest BCUT2D eigenvalue weighted by Crippen LogP contribution is -2.32. The van der Waals surface area contributed by atoms with Gasteiger partial charge in [0.2, 0.25) is 0 Å². The minimum Gasteiger partial charge on any atom is -0.325 e. The van der Waals surface area contributed by atoms with Crippen molar-refractivity contribution in [2.75, 3.05) is 11.5 Å². The molecule has 1 heterocycles. The van der Waals surface area contributed by atoms with E-state index in [1.807, 2.05) is 0 Å². The molecule has 1 saturated carbocycles. The Bertz CT molecular complexity index is 114. The minimum atomic E-state index is 0.309. The smallest absolute Gasteiger partial charge is 0.0192 e. The normalized spacial score (nSPS) is 39.0. The van der Waals surface area contributed by atoms with Crippen LogP contribution < -0.4 is 5.73 Å². The Morgan fingerprint density at radius 1 is 1.44 bits per heavy atom. The maximum atomic E-state index is 6.04. The maximum Gasteiger partial charge on any atom is 0.0192 e. The van der Waals surface area contributed by atoms with Crippen LogP contribution in [0.5, 0.6) is 0 Å². The summed E-state index contributed by atoms with van der Waals surface area (Å²) in [5.74, 6) is 3.54. The maximum absolute atomic E-state index is 6.04. The van der Waals surface area contributed by atoms with Crippen molar-refractivity contribution in [2.24, 2.45) is 11.7 Å². The van der Waals surface area contributed by atoms with Gasteiger partial charge in [0, 0.05) is 5.54 Å². The number of rotatable bonds is 1. The van der Waals surface area contributed by atoms with Crippen LogP contribution in [0.1, 0.15) is 19.3 Å². The topological polar surface area (TPSA) is 26.0 Å². The van der Waals surface area contributed by atoms with E-state index in [2.05, 4.69) is 11.8 Å². The Morgan fingerprint density at radius 2 is 2.22 bits per heavy atom. The first-order valence-corrected chi connectivity index (χ1v) is 4.83. The van der Waals surface area contributed by atoms with Gasteiger partial charge in [0.1, 0.15) is 0 Å². The van der Waals surface area contributed by atoms with Crippen molar-refractivity contribution in [1.82, 2.24) is 0 Å². The number of thioether (sulfide) groups is 1. The highest BCUT2D eigenvalue weighted by molar-refractivity contribution is 7.99. The zero-order valence-electron chi connectivity index (χ0n) is 5.60. The first-order chi connectivity index (χ1) is 4.31. The van der Waals surface area contributed by atoms with Gasteiger partial charge in [-0.3, -0.25) is 0 Å². The Hall–Kier alpha value is 0.310. The van der Waals surface area contributed by atoms with Crippen LogP contribution in [-0.2, 0) is 0 Å². The molecule has 2 rings (SSSR count). The second kappa shape index (κ2) is 1.89. The molecule has 0 aromatic heterocycles. The van der Waals surface area contributed by atoms with Crippen molar-refractivity contribution < 1.29 is 0 Å². The highest BCUT2D eigenvalue weighted by atomic mass is 32.2. The minimum absolute atomic E-state index is 0.309. The zero-order chi connectivity index (χ0) is 6.32. The summed E-state index contributed by atoms with van der Waals surface area (Å²) in [4.78, 5) is 0. The molecule has 1 unspecified atom stereocenters. The van der Waals surface area contributed by atoms with Crippen molar-refractivity contribution in [3.05, 3.63) is 0 Å². The summed E-state index contributed by atoms with van der Waals surface area (Å²) in [6.07, 6.45) is 3.96. The summed E-state index contributed by atoms with van der Waals surface area (Å²) in [5.41, 5.74) is 6.35. The molecule has 1 nitrogen and oxygen atoms in total. The van der Waals surface area contributed by atoms with Crippen molar-refractivity contribution in [3.63, 3.8) is 0 Å². The largest absolute Gasteiger partial charge is 0.325 e. The van der Waals surface area contributed by atoms with Gasteiger partial charge < -0.3 is 5.73 Å². The molecule has 0 aromatic rings. The first-order valence-electron chi connectivity index (χ1n) is 3.68. The third-order valence-corrected chi connectivity index (χ3v) is 3.73. The predicted molar refractivity (Wildman–Crippen MR) is 41.6 cm³/mol. The molecular weight excluding hydrogens is 130 g/mol. The monoisotopic (exact) mass is 143 g/mol. The van der Waals surface area contributed by atoms with Crippen molar-refractivity contribution in [1.29, 1.82) is 0 Å². The number of nitrogens with two attached hydrogens (primary N) is 1. The molecule has 0 radical (unpaired) electrons. The fourth-order valence-corrected chi connectivity index (χ4v) is 2.94. The molecule has 2 aliphatic rings. The fraction of sp³-hybridized carbons (Fsp3) is 1.00. The van der Waals surface area contributed by atoms with E-state index in [0.29, 0.717) is 5.54 Å². The lowest BCUT2D eigenvalue weighted by molar-refractivity contribution is 0.450. The highest BCUT2D eigenvalue weighted by Crippen LogP contribution is 2.45. The first kappa shape index (κ1) is 6.05. The third-order valence-electron chi connectivity index (χ3n) is 2.57. The molecule has 1 aliphatic carbocycles. The van der Waals surface area contributed by atoms with E-state index in [1.165, 1.54) is 30.8 Å². The van der Waals surface area contributed by atoms with Gasteiger partial charge >= 0.3 is 0 Å². The van der Waals surface area contributed by atoms with Crippen molar-refractivity contribution in [3.8, 4) is 0 Å². The number of hydrogen-bond acceptors (Lipinski definition) is 2. The average Bonchev–Trinajstić information content (AvgIpc) is 2.46. The molecule has 0 aromatic carbocycles. The summed E-state index contributed by atoms with van der Waals surface area (Å²) < 4.78 is 0. The summed E-state index contributed by atoms with van der Waals surface area (Å²) in [6, 6.07) is 0. The van der Waals surface area contributed by atoms with E-state index < -0.39 is 0 Å². The van der Waals surface area contributed by atoms with Crippen LogP contribution >= 0.6 is 11.8 Å². The Balaban J connectivity index is 1.97. The molecule has 9 heavy (non-hydrogen) atoms.